The fourth-order valence-electron chi connectivity index (χ4n) is 1.56. The molecule has 0 bridgehead atoms. The molecule has 2 rings (SSSR count). The summed E-state index contributed by atoms with van der Waals surface area (Å²) in [6, 6.07) is 13.6. The Labute approximate surface area is 123 Å². The molecule has 2 aromatic rings. The molecule has 2 nitrogen and oxygen atoms in total. The van der Waals surface area contributed by atoms with Crippen molar-refractivity contribution in [2.45, 2.75) is 13.2 Å². The molecule has 94 valence electrons. The first-order valence-corrected chi connectivity index (χ1v) is 7.04. The summed E-state index contributed by atoms with van der Waals surface area (Å²) < 4.78 is 7.62. The van der Waals surface area contributed by atoms with E-state index in [1.165, 1.54) is 0 Å². The van der Waals surface area contributed by atoms with Gasteiger partial charge in [0.2, 0.25) is 0 Å². The number of rotatable bonds is 4. The fraction of sp³-hybridized carbons (Fsp3) is 0.143. The van der Waals surface area contributed by atoms with Crippen LogP contribution in [0.1, 0.15) is 11.1 Å². The average Bonchev–Trinajstić information content (AvgIpc) is 2.38. The van der Waals surface area contributed by atoms with E-state index in [1.807, 2.05) is 42.5 Å². The van der Waals surface area contributed by atoms with E-state index in [2.05, 4.69) is 31.9 Å². The Morgan fingerprint density at radius 2 is 1.89 bits per heavy atom. The van der Waals surface area contributed by atoms with Crippen LogP contribution in [0, 0.1) is 0 Å². The van der Waals surface area contributed by atoms with E-state index in [4.69, 9.17) is 4.74 Å². The zero-order valence-corrected chi connectivity index (χ0v) is 12.7. The van der Waals surface area contributed by atoms with Crippen LogP contribution in [-0.2, 0) is 13.2 Å². The summed E-state index contributed by atoms with van der Waals surface area (Å²) in [5.74, 6) is 0.752. The standard InChI is InChI=1S/C14H12Br2O2/c15-12-3-1-2-10(6-12)9-18-13-4-5-14(16)11(7-13)8-17/h1-7,17H,8-9H2. The lowest BCUT2D eigenvalue weighted by Gasteiger charge is -2.09. The highest BCUT2D eigenvalue weighted by molar-refractivity contribution is 9.10. The number of aliphatic hydroxyl groups is 1. The molecule has 0 fully saturated rings. The molecule has 0 aliphatic rings. The predicted octanol–water partition coefficient (Wildman–Crippen LogP) is 4.28. The molecule has 0 amide bonds. The van der Waals surface area contributed by atoms with Gasteiger partial charge in [0.1, 0.15) is 12.4 Å². The van der Waals surface area contributed by atoms with Gasteiger partial charge in [-0.15, -0.1) is 0 Å². The fourth-order valence-corrected chi connectivity index (χ4v) is 2.37. The molecule has 0 heterocycles. The largest absolute Gasteiger partial charge is 0.489 e. The molecule has 18 heavy (non-hydrogen) atoms. The molecule has 0 atom stereocenters. The Bertz CT molecular complexity index is 541. The van der Waals surface area contributed by atoms with Crippen molar-refractivity contribution in [2.24, 2.45) is 0 Å². The van der Waals surface area contributed by atoms with E-state index in [0.29, 0.717) is 6.61 Å². The molecule has 1 N–H and O–H groups in total. The summed E-state index contributed by atoms with van der Waals surface area (Å²) in [4.78, 5) is 0. The van der Waals surface area contributed by atoms with E-state index in [9.17, 15) is 5.11 Å². The second-order valence-electron chi connectivity index (χ2n) is 3.83. The van der Waals surface area contributed by atoms with Crippen molar-refractivity contribution in [2.75, 3.05) is 0 Å². The predicted molar refractivity (Wildman–Crippen MR) is 78.5 cm³/mol. The third kappa shape index (κ3) is 3.57. The lowest BCUT2D eigenvalue weighted by atomic mass is 10.2. The van der Waals surface area contributed by atoms with E-state index in [1.54, 1.807) is 0 Å². The van der Waals surface area contributed by atoms with Crippen molar-refractivity contribution in [1.29, 1.82) is 0 Å². The molecule has 0 aliphatic carbocycles. The average molecular weight is 372 g/mol. The Morgan fingerprint density at radius 1 is 1.06 bits per heavy atom. The van der Waals surface area contributed by atoms with Crippen molar-refractivity contribution >= 4 is 31.9 Å². The minimum absolute atomic E-state index is 0.00529. The van der Waals surface area contributed by atoms with Gasteiger partial charge in [-0.1, -0.05) is 44.0 Å². The molecule has 0 unspecified atom stereocenters. The van der Waals surface area contributed by atoms with E-state index in [0.717, 1.165) is 25.8 Å². The molecule has 4 heteroatoms. The van der Waals surface area contributed by atoms with E-state index >= 15 is 0 Å². The minimum atomic E-state index is -0.00529. The Balaban J connectivity index is 2.06. The van der Waals surface area contributed by atoms with Gasteiger partial charge >= 0.3 is 0 Å². The molecule has 0 radical (unpaired) electrons. The SMILES string of the molecule is OCc1cc(OCc2cccc(Br)c2)ccc1Br. The zero-order valence-electron chi connectivity index (χ0n) is 9.57. The van der Waals surface area contributed by atoms with Crippen LogP contribution >= 0.6 is 31.9 Å². The van der Waals surface area contributed by atoms with Gasteiger partial charge in [-0.25, -0.2) is 0 Å². The van der Waals surface area contributed by atoms with Gasteiger partial charge in [-0.2, -0.15) is 0 Å². The van der Waals surface area contributed by atoms with Crippen molar-refractivity contribution in [3.05, 3.63) is 62.5 Å². The van der Waals surface area contributed by atoms with Gasteiger partial charge in [0.25, 0.3) is 0 Å². The Kier molecular flexibility index (Phi) is 4.80. The molecule has 0 spiro atoms. The van der Waals surface area contributed by atoms with Crippen LogP contribution in [-0.4, -0.2) is 5.11 Å². The molecule has 0 saturated heterocycles. The minimum Gasteiger partial charge on any atom is -0.489 e. The van der Waals surface area contributed by atoms with Gasteiger partial charge in [-0.3, -0.25) is 0 Å². The van der Waals surface area contributed by atoms with E-state index in [-0.39, 0.29) is 6.61 Å². The molecule has 0 aliphatic heterocycles. The van der Waals surface area contributed by atoms with Gasteiger partial charge < -0.3 is 9.84 Å². The maximum absolute atomic E-state index is 9.17. The normalized spacial score (nSPS) is 10.4. The second-order valence-corrected chi connectivity index (χ2v) is 5.60. The molecule has 0 saturated carbocycles. The van der Waals surface area contributed by atoms with E-state index < -0.39 is 0 Å². The van der Waals surface area contributed by atoms with Crippen LogP contribution in [0.4, 0.5) is 0 Å². The monoisotopic (exact) mass is 370 g/mol. The highest BCUT2D eigenvalue weighted by Crippen LogP contribution is 2.23. The van der Waals surface area contributed by atoms with Crippen molar-refractivity contribution < 1.29 is 9.84 Å². The highest BCUT2D eigenvalue weighted by atomic mass is 79.9. The van der Waals surface area contributed by atoms with Crippen molar-refractivity contribution in [3.63, 3.8) is 0 Å². The molecule has 0 aromatic heterocycles. The van der Waals surface area contributed by atoms with Gasteiger partial charge in [0.15, 0.2) is 0 Å². The van der Waals surface area contributed by atoms with Gasteiger partial charge in [0.05, 0.1) is 6.61 Å². The van der Waals surface area contributed by atoms with Crippen LogP contribution < -0.4 is 4.74 Å². The summed E-state index contributed by atoms with van der Waals surface area (Å²) in [5, 5.41) is 9.17. The number of hydrogen-bond donors (Lipinski definition) is 1. The first-order valence-electron chi connectivity index (χ1n) is 5.45. The Hall–Kier alpha value is -0.840. The summed E-state index contributed by atoms with van der Waals surface area (Å²) >= 11 is 6.80. The zero-order chi connectivity index (χ0) is 13.0. The third-order valence-electron chi connectivity index (χ3n) is 2.48. The molecular weight excluding hydrogens is 360 g/mol. The summed E-state index contributed by atoms with van der Waals surface area (Å²) in [7, 11) is 0. The number of halogens is 2. The van der Waals surface area contributed by atoms with Crippen molar-refractivity contribution in [1.82, 2.24) is 0 Å². The molecular formula is C14H12Br2O2. The van der Waals surface area contributed by atoms with Gasteiger partial charge in [-0.05, 0) is 41.5 Å². The second kappa shape index (κ2) is 6.36. The highest BCUT2D eigenvalue weighted by Gasteiger charge is 2.02. The number of ether oxygens (including phenoxy) is 1. The summed E-state index contributed by atoms with van der Waals surface area (Å²) in [5.41, 5.74) is 1.92. The van der Waals surface area contributed by atoms with Crippen LogP contribution in [0.2, 0.25) is 0 Å². The van der Waals surface area contributed by atoms with Crippen LogP contribution in [0.15, 0.2) is 51.4 Å². The van der Waals surface area contributed by atoms with Crippen molar-refractivity contribution in [3.8, 4) is 5.75 Å². The lowest BCUT2D eigenvalue weighted by molar-refractivity contribution is 0.277. The first kappa shape index (κ1) is 13.6. The smallest absolute Gasteiger partial charge is 0.120 e. The summed E-state index contributed by atoms with van der Waals surface area (Å²) in [6.45, 7) is 0.501. The maximum atomic E-state index is 9.17. The number of hydrogen-bond acceptors (Lipinski definition) is 2. The number of benzene rings is 2. The summed E-state index contributed by atoms with van der Waals surface area (Å²) in [6.07, 6.45) is 0. The quantitative estimate of drug-likeness (QED) is 0.868. The third-order valence-corrected chi connectivity index (χ3v) is 3.75. The Morgan fingerprint density at radius 3 is 2.61 bits per heavy atom. The van der Waals surface area contributed by atoms with Crippen LogP contribution in [0.3, 0.4) is 0 Å². The van der Waals surface area contributed by atoms with Crippen LogP contribution in [0.5, 0.6) is 5.75 Å². The first-order chi connectivity index (χ1) is 8.69. The molecule has 2 aromatic carbocycles. The maximum Gasteiger partial charge on any atom is 0.120 e. The van der Waals surface area contributed by atoms with Crippen LogP contribution in [0.25, 0.3) is 0 Å². The lowest BCUT2D eigenvalue weighted by Crippen LogP contribution is -1.96. The van der Waals surface area contributed by atoms with Gasteiger partial charge in [0, 0.05) is 8.95 Å². The topological polar surface area (TPSA) is 29.5 Å². The number of aliphatic hydroxyl groups excluding tert-OH is 1.